The lowest BCUT2D eigenvalue weighted by Gasteiger charge is -2.13. The Morgan fingerprint density at radius 3 is 2.83 bits per heavy atom. The van der Waals surface area contributed by atoms with Crippen LogP contribution in [0.3, 0.4) is 0 Å². The summed E-state index contributed by atoms with van der Waals surface area (Å²) in [7, 11) is 0. The molecule has 0 aliphatic heterocycles. The molecule has 0 saturated heterocycles. The van der Waals surface area contributed by atoms with Crippen molar-refractivity contribution in [3.8, 4) is 5.75 Å². The monoisotopic (exact) mass is 329 g/mol. The summed E-state index contributed by atoms with van der Waals surface area (Å²) in [6.07, 6.45) is 0. The predicted molar refractivity (Wildman–Crippen MR) is 75.4 cm³/mol. The van der Waals surface area contributed by atoms with E-state index in [2.05, 4.69) is 15.9 Å². The summed E-state index contributed by atoms with van der Waals surface area (Å²) >= 11 is 5.00. The van der Waals surface area contributed by atoms with Crippen LogP contribution in [-0.2, 0) is 6.61 Å². The number of rotatable bonds is 4. The molecule has 2 N–H and O–H groups in total. The minimum atomic E-state index is -0.298. The first-order valence-electron chi connectivity index (χ1n) is 5.47. The first kappa shape index (κ1) is 13.5. The molecule has 1 aromatic carbocycles. The topological polar surface area (TPSA) is 35.2 Å². The van der Waals surface area contributed by atoms with Gasteiger partial charge in [0.2, 0.25) is 0 Å². The lowest BCUT2D eigenvalue weighted by molar-refractivity contribution is 0.304. The van der Waals surface area contributed by atoms with Crippen molar-refractivity contribution < 1.29 is 9.13 Å². The highest BCUT2D eigenvalue weighted by atomic mass is 79.9. The molecular formula is C13H13BrFNOS. The molecule has 0 unspecified atom stereocenters. The zero-order chi connectivity index (χ0) is 13.1. The molecule has 18 heavy (non-hydrogen) atoms. The molecule has 0 aliphatic rings. The Kier molecular flexibility index (Phi) is 4.37. The van der Waals surface area contributed by atoms with E-state index in [0.29, 0.717) is 17.9 Å². The molecule has 0 amide bonds. The van der Waals surface area contributed by atoms with Gasteiger partial charge in [-0.1, -0.05) is 0 Å². The Labute approximate surface area is 118 Å². The van der Waals surface area contributed by atoms with Gasteiger partial charge in [0.05, 0.1) is 0 Å². The van der Waals surface area contributed by atoms with Crippen LogP contribution in [0.2, 0.25) is 0 Å². The SMILES string of the molecule is C[C@@H](N)c1cc(F)ccc1OCc1cc(Br)cs1. The molecule has 0 bridgehead atoms. The molecule has 2 rings (SSSR count). The number of hydrogen-bond donors (Lipinski definition) is 1. The van der Waals surface area contributed by atoms with Gasteiger partial charge in [0.1, 0.15) is 18.2 Å². The molecule has 2 aromatic rings. The summed E-state index contributed by atoms with van der Waals surface area (Å²) in [5.74, 6) is 0.337. The maximum atomic E-state index is 13.2. The Morgan fingerprint density at radius 1 is 1.44 bits per heavy atom. The van der Waals surface area contributed by atoms with Crippen molar-refractivity contribution in [2.45, 2.75) is 19.6 Å². The highest BCUT2D eigenvalue weighted by Gasteiger charge is 2.10. The summed E-state index contributed by atoms with van der Waals surface area (Å²) in [5, 5.41) is 2.00. The van der Waals surface area contributed by atoms with Gasteiger partial charge in [-0.15, -0.1) is 11.3 Å². The third-order valence-electron chi connectivity index (χ3n) is 2.45. The second-order valence-electron chi connectivity index (χ2n) is 3.99. The number of thiophene rings is 1. The van der Waals surface area contributed by atoms with Gasteiger partial charge in [-0.25, -0.2) is 4.39 Å². The lowest BCUT2D eigenvalue weighted by Crippen LogP contribution is -2.08. The lowest BCUT2D eigenvalue weighted by atomic mass is 10.1. The van der Waals surface area contributed by atoms with E-state index in [-0.39, 0.29) is 11.9 Å². The molecular weight excluding hydrogens is 317 g/mol. The Bertz CT molecular complexity index is 542. The second kappa shape index (κ2) is 5.82. The number of ether oxygens (including phenoxy) is 1. The van der Waals surface area contributed by atoms with Gasteiger partial charge in [-0.2, -0.15) is 0 Å². The largest absolute Gasteiger partial charge is 0.488 e. The Morgan fingerprint density at radius 2 is 2.22 bits per heavy atom. The summed E-state index contributed by atoms with van der Waals surface area (Å²) in [5.41, 5.74) is 6.49. The molecule has 0 radical (unpaired) electrons. The summed E-state index contributed by atoms with van der Waals surface area (Å²) in [6, 6.07) is 6.16. The van der Waals surface area contributed by atoms with Gasteiger partial charge in [0.25, 0.3) is 0 Å². The third kappa shape index (κ3) is 3.31. The van der Waals surface area contributed by atoms with Crippen LogP contribution in [0.4, 0.5) is 4.39 Å². The van der Waals surface area contributed by atoms with E-state index < -0.39 is 0 Å². The van der Waals surface area contributed by atoms with E-state index in [1.54, 1.807) is 17.4 Å². The van der Waals surface area contributed by atoms with Crippen molar-refractivity contribution in [2.75, 3.05) is 0 Å². The zero-order valence-corrected chi connectivity index (χ0v) is 12.2. The van der Waals surface area contributed by atoms with Gasteiger partial charge in [0.15, 0.2) is 0 Å². The third-order valence-corrected chi connectivity index (χ3v) is 4.13. The maximum Gasteiger partial charge on any atom is 0.124 e. The molecule has 0 saturated carbocycles. The Balaban J connectivity index is 2.13. The van der Waals surface area contributed by atoms with Crippen LogP contribution in [0.1, 0.15) is 23.4 Å². The van der Waals surface area contributed by atoms with Gasteiger partial charge in [0, 0.05) is 26.3 Å². The molecule has 2 nitrogen and oxygen atoms in total. The van der Waals surface area contributed by atoms with Crippen LogP contribution < -0.4 is 10.5 Å². The normalized spacial score (nSPS) is 12.4. The smallest absolute Gasteiger partial charge is 0.124 e. The second-order valence-corrected chi connectivity index (χ2v) is 5.90. The highest BCUT2D eigenvalue weighted by Crippen LogP contribution is 2.27. The highest BCUT2D eigenvalue weighted by molar-refractivity contribution is 9.10. The van der Waals surface area contributed by atoms with Gasteiger partial charge in [-0.3, -0.25) is 0 Å². The number of nitrogens with two attached hydrogens (primary N) is 1. The first-order valence-corrected chi connectivity index (χ1v) is 7.14. The summed E-state index contributed by atoms with van der Waals surface area (Å²) in [4.78, 5) is 1.10. The standard InChI is InChI=1S/C13H13BrFNOS/c1-8(16)12-5-10(15)2-3-13(12)17-6-11-4-9(14)7-18-11/h2-5,7-8H,6,16H2,1H3/t8-/m1/s1. The fourth-order valence-corrected chi connectivity index (χ4v) is 2.95. The van der Waals surface area contributed by atoms with Crippen molar-refractivity contribution in [1.29, 1.82) is 0 Å². The average Bonchev–Trinajstić information content (AvgIpc) is 2.73. The van der Waals surface area contributed by atoms with Crippen LogP contribution in [0.25, 0.3) is 0 Å². The van der Waals surface area contributed by atoms with E-state index >= 15 is 0 Å². The van der Waals surface area contributed by atoms with E-state index in [4.69, 9.17) is 10.5 Å². The molecule has 1 aromatic heterocycles. The maximum absolute atomic E-state index is 13.2. The average molecular weight is 330 g/mol. The fraction of sp³-hybridized carbons (Fsp3) is 0.231. The minimum Gasteiger partial charge on any atom is -0.488 e. The summed E-state index contributed by atoms with van der Waals surface area (Å²) < 4.78 is 19.9. The molecule has 1 atom stereocenters. The van der Waals surface area contributed by atoms with E-state index in [1.807, 2.05) is 18.4 Å². The fourth-order valence-electron chi connectivity index (χ4n) is 1.58. The van der Waals surface area contributed by atoms with Crippen LogP contribution in [0.5, 0.6) is 5.75 Å². The Hall–Kier alpha value is -0.910. The van der Waals surface area contributed by atoms with E-state index in [1.165, 1.54) is 12.1 Å². The van der Waals surface area contributed by atoms with Gasteiger partial charge in [-0.05, 0) is 47.1 Å². The molecule has 0 aliphatic carbocycles. The van der Waals surface area contributed by atoms with E-state index in [9.17, 15) is 4.39 Å². The van der Waals surface area contributed by atoms with Crippen molar-refractivity contribution in [3.05, 3.63) is 50.4 Å². The summed E-state index contributed by atoms with van der Waals surface area (Å²) in [6.45, 7) is 2.27. The first-order chi connectivity index (χ1) is 8.56. The van der Waals surface area contributed by atoms with Gasteiger partial charge < -0.3 is 10.5 Å². The molecule has 0 spiro atoms. The minimum absolute atomic E-state index is 0.259. The van der Waals surface area contributed by atoms with Crippen LogP contribution in [-0.4, -0.2) is 0 Å². The number of halogens is 2. The van der Waals surface area contributed by atoms with Crippen molar-refractivity contribution in [1.82, 2.24) is 0 Å². The van der Waals surface area contributed by atoms with Crippen molar-refractivity contribution in [3.63, 3.8) is 0 Å². The molecule has 0 fully saturated rings. The van der Waals surface area contributed by atoms with E-state index in [0.717, 1.165) is 9.35 Å². The molecule has 1 heterocycles. The van der Waals surface area contributed by atoms with Crippen LogP contribution >= 0.6 is 27.3 Å². The van der Waals surface area contributed by atoms with Crippen LogP contribution in [0.15, 0.2) is 34.1 Å². The quantitative estimate of drug-likeness (QED) is 0.910. The molecule has 5 heteroatoms. The zero-order valence-electron chi connectivity index (χ0n) is 9.82. The van der Waals surface area contributed by atoms with Crippen LogP contribution in [0, 0.1) is 5.82 Å². The number of hydrogen-bond acceptors (Lipinski definition) is 3. The van der Waals surface area contributed by atoms with Crippen molar-refractivity contribution >= 4 is 27.3 Å². The van der Waals surface area contributed by atoms with Crippen molar-refractivity contribution in [2.24, 2.45) is 5.73 Å². The molecule has 96 valence electrons. The predicted octanol–water partition coefficient (Wildman–Crippen LogP) is 4.25. The van der Waals surface area contributed by atoms with Gasteiger partial charge >= 0.3 is 0 Å². The number of benzene rings is 1.